The minimum Gasteiger partial charge on any atom is -0.341 e. The van der Waals surface area contributed by atoms with Gasteiger partial charge in [-0.15, -0.1) is 0 Å². The number of nitrogens with one attached hydrogen (secondary N) is 1. The van der Waals surface area contributed by atoms with Crippen molar-refractivity contribution in [2.24, 2.45) is 5.92 Å². The summed E-state index contributed by atoms with van der Waals surface area (Å²) in [7, 11) is -3.37. The number of hydrogen-bond acceptors (Lipinski definition) is 3. The Hall–Kier alpha value is -1.40. The smallest absolute Gasteiger partial charge is 0.240 e. The van der Waals surface area contributed by atoms with Crippen molar-refractivity contribution in [2.75, 3.05) is 19.3 Å². The van der Waals surface area contributed by atoms with Crippen molar-refractivity contribution in [1.29, 1.82) is 0 Å². The normalized spacial score (nSPS) is 20.3. The Morgan fingerprint density at radius 2 is 2.00 bits per heavy atom. The molecule has 23 heavy (non-hydrogen) atoms. The Bertz CT molecular complexity index is 640. The first-order chi connectivity index (χ1) is 10.7. The molecule has 2 rings (SSSR count). The van der Waals surface area contributed by atoms with Crippen molar-refractivity contribution in [3.8, 4) is 0 Å². The molecule has 1 fully saturated rings. The molecule has 0 unspecified atom stereocenters. The molecule has 6 heteroatoms. The first-order valence-electron chi connectivity index (χ1n) is 8.06. The Morgan fingerprint density at radius 3 is 2.61 bits per heavy atom. The molecule has 0 spiro atoms. The molecule has 0 radical (unpaired) electrons. The largest absolute Gasteiger partial charge is 0.341 e. The average molecular weight is 338 g/mol. The summed E-state index contributed by atoms with van der Waals surface area (Å²) in [4.78, 5) is 14.2. The van der Waals surface area contributed by atoms with Gasteiger partial charge in [-0.3, -0.25) is 4.79 Å². The van der Waals surface area contributed by atoms with Crippen molar-refractivity contribution in [3.63, 3.8) is 0 Å². The quantitative estimate of drug-likeness (QED) is 0.889. The zero-order chi connectivity index (χ0) is 17.0. The summed E-state index contributed by atoms with van der Waals surface area (Å²) < 4.78 is 24.9. The number of benzene rings is 1. The maximum absolute atomic E-state index is 12.4. The number of carbonyl (C=O) groups is 1. The van der Waals surface area contributed by atoms with Gasteiger partial charge in [0.2, 0.25) is 15.9 Å². The van der Waals surface area contributed by atoms with E-state index in [1.165, 1.54) is 11.1 Å². The van der Waals surface area contributed by atoms with E-state index in [1.54, 1.807) is 11.8 Å². The van der Waals surface area contributed by atoms with E-state index in [9.17, 15) is 13.2 Å². The molecule has 1 saturated heterocycles. The number of sulfonamides is 1. The lowest BCUT2D eigenvalue weighted by Gasteiger charge is -2.34. The van der Waals surface area contributed by atoms with Crippen molar-refractivity contribution in [2.45, 2.75) is 39.2 Å². The number of hydrogen-bond donors (Lipinski definition) is 1. The molecule has 0 aromatic heterocycles. The summed E-state index contributed by atoms with van der Waals surface area (Å²) in [5.41, 5.74) is 2.53. The van der Waals surface area contributed by atoms with E-state index in [0.717, 1.165) is 25.5 Å². The molecule has 1 aromatic rings. The van der Waals surface area contributed by atoms with Crippen LogP contribution in [0.25, 0.3) is 0 Å². The molecule has 1 heterocycles. The summed E-state index contributed by atoms with van der Waals surface area (Å²) >= 11 is 0. The highest BCUT2D eigenvalue weighted by molar-refractivity contribution is 7.88. The first-order valence-corrected chi connectivity index (χ1v) is 9.95. The van der Waals surface area contributed by atoms with Crippen LogP contribution in [0.3, 0.4) is 0 Å². The molecule has 0 bridgehead atoms. The standard InChI is InChI=1S/C17H26N2O3S/c1-13-6-8-15(9-7-13)11-16-5-4-10-19(12-16)17(20)14(2)18-23(3,21)22/h6-9,14,16,18H,4-5,10-12H2,1-3H3/t14-,16+/m1/s1. The molecule has 5 nitrogen and oxygen atoms in total. The number of rotatable bonds is 5. The van der Waals surface area contributed by atoms with Crippen LogP contribution < -0.4 is 4.72 Å². The highest BCUT2D eigenvalue weighted by atomic mass is 32.2. The molecule has 2 atom stereocenters. The van der Waals surface area contributed by atoms with E-state index in [2.05, 4.69) is 35.9 Å². The van der Waals surface area contributed by atoms with Crippen molar-refractivity contribution in [3.05, 3.63) is 35.4 Å². The van der Waals surface area contributed by atoms with Crippen LogP contribution in [0.5, 0.6) is 0 Å². The van der Waals surface area contributed by atoms with Gasteiger partial charge in [-0.2, -0.15) is 0 Å². The minimum absolute atomic E-state index is 0.135. The Balaban J connectivity index is 1.94. The summed E-state index contributed by atoms with van der Waals surface area (Å²) in [5.74, 6) is 0.296. The molecule has 0 saturated carbocycles. The van der Waals surface area contributed by atoms with Crippen LogP contribution in [0, 0.1) is 12.8 Å². The zero-order valence-corrected chi connectivity index (χ0v) is 14.9. The molecular weight excluding hydrogens is 312 g/mol. The van der Waals surface area contributed by atoms with Gasteiger partial charge < -0.3 is 4.90 Å². The van der Waals surface area contributed by atoms with Crippen LogP contribution in [0.4, 0.5) is 0 Å². The van der Waals surface area contributed by atoms with Crippen molar-refractivity contribution < 1.29 is 13.2 Å². The molecule has 1 aromatic carbocycles. The third-order valence-electron chi connectivity index (χ3n) is 4.24. The summed E-state index contributed by atoms with van der Waals surface area (Å²) in [6, 6.07) is 7.80. The van der Waals surface area contributed by atoms with Crippen LogP contribution in [0.2, 0.25) is 0 Å². The monoisotopic (exact) mass is 338 g/mol. The lowest BCUT2D eigenvalue weighted by Crippen LogP contribution is -2.50. The Morgan fingerprint density at radius 1 is 1.35 bits per heavy atom. The van der Waals surface area contributed by atoms with Gasteiger partial charge in [-0.1, -0.05) is 29.8 Å². The molecule has 0 aliphatic carbocycles. The fourth-order valence-electron chi connectivity index (χ4n) is 3.13. The lowest BCUT2D eigenvalue weighted by atomic mass is 9.91. The molecule has 1 aliphatic heterocycles. The fourth-order valence-corrected chi connectivity index (χ4v) is 3.88. The molecule has 1 N–H and O–H groups in total. The van der Waals surface area contributed by atoms with Crippen LogP contribution >= 0.6 is 0 Å². The summed E-state index contributed by atoms with van der Waals surface area (Å²) in [5, 5.41) is 0. The fraction of sp³-hybridized carbons (Fsp3) is 0.588. The number of aryl methyl sites for hydroxylation is 1. The predicted molar refractivity (Wildman–Crippen MR) is 91.6 cm³/mol. The second-order valence-corrected chi connectivity index (χ2v) is 8.37. The summed E-state index contributed by atoms with van der Waals surface area (Å²) in [6.45, 7) is 5.08. The average Bonchev–Trinajstić information content (AvgIpc) is 2.47. The van der Waals surface area contributed by atoms with E-state index in [-0.39, 0.29) is 5.91 Å². The molecule has 1 aliphatic rings. The highest BCUT2D eigenvalue weighted by Crippen LogP contribution is 2.21. The van der Waals surface area contributed by atoms with Gasteiger partial charge in [0.15, 0.2) is 0 Å². The highest BCUT2D eigenvalue weighted by Gasteiger charge is 2.28. The van der Waals surface area contributed by atoms with E-state index < -0.39 is 16.1 Å². The van der Waals surface area contributed by atoms with Gasteiger partial charge in [0, 0.05) is 13.1 Å². The van der Waals surface area contributed by atoms with E-state index >= 15 is 0 Å². The van der Waals surface area contributed by atoms with Gasteiger partial charge in [-0.05, 0) is 44.6 Å². The second kappa shape index (κ2) is 7.45. The predicted octanol–water partition coefficient (Wildman–Crippen LogP) is 1.71. The second-order valence-electron chi connectivity index (χ2n) is 6.59. The van der Waals surface area contributed by atoms with Gasteiger partial charge in [0.05, 0.1) is 12.3 Å². The van der Waals surface area contributed by atoms with Gasteiger partial charge in [-0.25, -0.2) is 13.1 Å². The summed E-state index contributed by atoms with van der Waals surface area (Å²) in [6.07, 6.45) is 4.10. The lowest BCUT2D eigenvalue weighted by molar-refractivity contribution is -0.134. The molecule has 1 amide bonds. The Labute approximate surface area is 139 Å². The van der Waals surface area contributed by atoms with Crippen molar-refractivity contribution >= 4 is 15.9 Å². The number of amides is 1. The van der Waals surface area contributed by atoms with Crippen LogP contribution in [0.15, 0.2) is 24.3 Å². The number of likely N-dealkylation sites (tertiary alicyclic amines) is 1. The Kier molecular flexibility index (Phi) is 5.81. The maximum atomic E-state index is 12.4. The SMILES string of the molecule is Cc1ccc(C[C@@H]2CCCN(C(=O)[C@@H](C)NS(C)(=O)=O)C2)cc1. The first kappa shape index (κ1) is 17.9. The third kappa shape index (κ3) is 5.62. The minimum atomic E-state index is -3.37. The molecular formula is C17H26N2O3S. The number of carbonyl (C=O) groups excluding carboxylic acids is 1. The third-order valence-corrected chi connectivity index (χ3v) is 5.02. The van der Waals surface area contributed by atoms with Crippen LogP contribution in [-0.2, 0) is 21.2 Å². The van der Waals surface area contributed by atoms with Gasteiger partial charge >= 0.3 is 0 Å². The molecule has 128 valence electrons. The topological polar surface area (TPSA) is 66.5 Å². The van der Waals surface area contributed by atoms with Gasteiger partial charge in [0.25, 0.3) is 0 Å². The van der Waals surface area contributed by atoms with Gasteiger partial charge in [0.1, 0.15) is 0 Å². The van der Waals surface area contributed by atoms with E-state index in [0.29, 0.717) is 19.0 Å². The van der Waals surface area contributed by atoms with E-state index in [1.807, 2.05) is 0 Å². The van der Waals surface area contributed by atoms with E-state index in [4.69, 9.17) is 0 Å². The van der Waals surface area contributed by atoms with Crippen LogP contribution in [-0.4, -0.2) is 44.6 Å². The number of nitrogens with zero attached hydrogens (tertiary/aromatic N) is 1. The van der Waals surface area contributed by atoms with Crippen molar-refractivity contribution in [1.82, 2.24) is 9.62 Å². The maximum Gasteiger partial charge on any atom is 0.240 e. The zero-order valence-electron chi connectivity index (χ0n) is 14.1. The number of piperidine rings is 1. The van der Waals surface area contributed by atoms with Crippen LogP contribution in [0.1, 0.15) is 30.9 Å².